The minimum Gasteiger partial charge on any atom is -0.478 e. The first-order chi connectivity index (χ1) is 9.49. The molecule has 20 heavy (non-hydrogen) atoms. The second-order valence-electron chi connectivity index (χ2n) is 4.98. The molecular formula is C16H18N2O2. The van der Waals surface area contributed by atoms with Crippen LogP contribution in [0, 0.1) is 0 Å². The Balaban J connectivity index is 2.43. The van der Waals surface area contributed by atoms with Crippen molar-refractivity contribution in [1.82, 2.24) is 0 Å². The highest BCUT2D eigenvalue weighted by Crippen LogP contribution is 2.29. The quantitative estimate of drug-likeness (QED) is 0.738. The van der Waals surface area contributed by atoms with Crippen LogP contribution in [0.4, 0.5) is 17.1 Å². The lowest BCUT2D eigenvalue weighted by Gasteiger charge is -2.16. The molecule has 0 fully saturated rings. The lowest BCUT2D eigenvalue weighted by Crippen LogP contribution is -2.05. The Bertz CT molecular complexity index is 636. The summed E-state index contributed by atoms with van der Waals surface area (Å²) in [6.07, 6.45) is 0. The summed E-state index contributed by atoms with van der Waals surface area (Å²) in [5.41, 5.74) is 8.84. The van der Waals surface area contributed by atoms with Crippen molar-refractivity contribution in [3.8, 4) is 0 Å². The number of benzene rings is 2. The molecule has 104 valence electrons. The zero-order valence-electron chi connectivity index (χ0n) is 11.6. The summed E-state index contributed by atoms with van der Waals surface area (Å²) in [5, 5.41) is 12.4. The van der Waals surface area contributed by atoms with E-state index in [1.807, 2.05) is 24.3 Å². The van der Waals surface area contributed by atoms with Crippen molar-refractivity contribution in [1.29, 1.82) is 0 Å². The third-order valence-corrected chi connectivity index (χ3v) is 3.13. The molecule has 0 aliphatic carbocycles. The summed E-state index contributed by atoms with van der Waals surface area (Å²) < 4.78 is 0. The molecule has 2 aromatic rings. The second kappa shape index (κ2) is 5.65. The number of carboxylic acids is 1. The van der Waals surface area contributed by atoms with Gasteiger partial charge in [-0.1, -0.05) is 32.0 Å². The van der Waals surface area contributed by atoms with Crippen molar-refractivity contribution in [2.45, 2.75) is 19.8 Å². The molecule has 0 aliphatic heterocycles. The fraction of sp³-hybridized carbons (Fsp3) is 0.188. The second-order valence-corrected chi connectivity index (χ2v) is 4.98. The Kier molecular flexibility index (Phi) is 3.94. The molecule has 4 N–H and O–H groups in total. The highest BCUT2D eigenvalue weighted by Gasteiger charge is 2.12. The van der Waals surface area contributed by atoms with Gasteiger partial charge in [0.1, 0.15) is 0 Å². The third-order valence-electron chi connectivity index (χ3n) is 3.13. The number of para-hydroxylation sites is 1. The molecule has 0 spiro atoms. The van der Waals surface area contributed by atoms with Gasteiger partial charge < -0.3 is 16.2 Å². The highest BCUT2D eigenvalue weighted by molar-refractivity contribution is 5.96. The summed E-state index contributed by atoms with van der Waals surface area (Å²) in [6, 6.07) is 12.7. The monoisotopic (exact) mass is 270 g/mol. The number of hydrogen-bond donors (Lipinski definition) is 3. The minimum atomic E-state index is -0.998. The van der Waals surface area contributed by atoms with Gasteiger partial charge in [-0.3, -0.25) is 0 Å². The van der Waals surface area contributed by atoms with Gasteiger partial charge in [0.2, 0.25) is 0 Å². The van der Waals surface area contributed by atoms with Crippen LogP contribution < -0.4 is 11.1 Å². The Morgan fingerprint density at radius 2 is 1.85 bits per heavy atom. The van der Waals surface area contributed by atoms with Crippen molar-refractivity contribution >= 4 is 23.0 Å². The van der Waals surface area contributed by atoms with Crippen LogP contribution in [0.15, 0.2) is 42.5 Å². The minimum absolute atomic E-state index is 0.170. The standard InChI is InChI=1S/C16H18N2O2/c1-10(2)12-5-3-4-6-14(12)18-15-8-7-11(17)9-13(15)16(19)20/h3-10,18H,17H2,1-2H3,(H,19,20). The molecule has 0 amide bonds. The van der Waals surface area contributed by atoms with E-state index in [0.29, 0.717) is 17.3 Å². The molecule has 0 bridgehead atoms. The first-order valence-electron chi connectivity index (χ1n) is 6.48. The lowest BCUT2D eigenvalue weighted by molar-refractivity contribution is 0.0698. The van der Waals surface area contributed by atoms with Crippen molar-refractivity contribution in [2.75, 3.05) is 11.1 Å². The number of carboxylic acid groups (broad SMARTS) is 1. The van der Waals surface area contributed by atoms with Crippen LogP contribution in [0.5, 0.6) is 0 Å². The SMILES string of the molecule is CC(C)c1ccccc1Nc1ccc(N)cc1C(=O)O. The van der Waals surface area contributed by atoms with Crippen LogP contribution in [0.1, 0.15) is 35.7 Å². The number of carbonyl (C=O) groups is 1. The topological polar surface area (TPSA) is 75.3 Å². The summed E-state index contributed by atoms with van der Waals surface area (Å²) in [7, 11) is 0. The lowest BCUT2D eigenvalue weighted by atomic mass is 10.0. The van der Waals surface area contributed by atoms with E-state index < -0.39 is 5.97 Å². The van der Waals surface area contributed by atoms with Crippen LogP contribution in [-0.4, -0.2) is 11.1 Å². The van der Waals surface area contributed by atoms with E-state index in [1.54, 1.807) is 12.1 Å². The molecule has 0 saturated carbocycles. The number of nitrogen functional groups attached to an aromatic ring is 1. The first kappa shape index (κ1) is 13.9. The number of aromatic carboxylic acids is 1. The number of hydrogen-bond acceptors (Lipinski definition) is 3. The Hall–Kier alpha value is -2.49. The largest absolute Gasteiger partial charge is 0.478 e. The summed E-state index contributed by atoms with van der Waals surface area (Å²) in [5.74, 6) is -0.650. The van der Waals surface area contributed by atoms with Crippen molar-refractivity contribution in [3.05, 3.63) is 53.6 Å². The van der Waals surface area contributed by atoms with Crippen molar-refractivity contribution in [2.24, 2.45) is 0 Å². The predicted molar refractivity (Wildman–Crippen MR) is 81.6 cm³/mol. The molecular weight excluding hydrogens is 252 g/mol. The summed E-state index contributed by atoms with van der Waals surface area (Å²) in [6.45, 7) is 4.20. The van der Waals surface area contributed by atoms with Crippen molar-refractivity contribution < 1.29 is 9.90 Å². The molecule has 2 aromatic carbocycles. The smallest absolute Gasteiger partial charge is 0.337 e. The van der Waals surface area contributed by atoms with E-state index in [1.165, 1.54) is 6.07 Å². The molecule has 0 radical (unpaired) electrons. The fourth-order valence-corrected chi connectivity index (χ4v) is 2.11. The number of nitrogens with one attached hydrogen (secondary N) is 1. The van der Waals surface area contributed by atoms with Gasteiger partial charge in [0.05, 0.1) is 11.3 Å². The van der Waals surface area contributed by atoms with Gasteiger partial charge in [-0.05, 0) is 35.7 Å². The van der Waals surface area contributed by atoms with E-state index in [4.69, 9.17) is 5.73 Å². The summed E-state index contributed by atoms with van der Waals surface area (Å²) in [4.78, 5) is 11.3. The molecule has 0 atom stereocenters. The van der Waals surface area contributed by atoms with Gasteiger partial charge in [-0.25, -0.2) is 4.79 Å². The molecule has 0 unspecified atom stereocenters. The van der Waals surface area contributed by atoms with Gasteiger partial charge in [-0.15, -0.1) is 0 Å². The maximum atomic E-state index is 11.3. The normalized spacial score (nSPS) is 10.6. The third kappa shape index (κ3) is 2.91. The van der Waals surface area contributed by atoms with Gasteiger partial charge >= 0.3 is 5.97 Å². The Labute approximate surface area is 118 Å². The molecule has 2 rings (SSSR count). The molecule has 4 nitrogen and oxygen atoms in total. The number of nitrogens with two attached hydrogens (primary N) is 1. The number of anilines is 3. The molecule has 0 aromatic heterocycles. The fourth-order valence-electron chi connectivity index (χ4n) is 2.11. The van der Waals surface area contributed by atoms with E-state index in [0.717, 1.165) is 11.3 Å². The average molecular weight is 270 g/mol. The van der Waals surface area contributed by atoms with E-state index in [2.05, 4.69) is 19.2 Å². The van der Waals surface area contributed by atoms with Crippen molar-refractivity contribution in [3.63, 3.8) is 0 Å². The van der Waals surface area contributed by atoms with Gasteiger partial charge in [0, 0.05) is 11.4 Å². The highest BCUT2D eigenvalue weighted by atomic mass is 16.4. The van der Waals surface area contributed by atoms with Gasteiger partial charge in [0.25, 0.3) is 0 Å². The Morgan fingerprint density at radius 3 is 2.50 bits per heavy atom. The van der Waals surface area contributed by atoms with E-state index >= 15 is 0 Å². The first-order valence-corrected chi connectivity index (χ1v) is 6.48. The number of rotatable bonds is 4. The van der Waals surface area contributed by atoms with Crippen LogP contribution in [0.2, 0.25) is 0 Å². The molecule has 0 heterocycles. The van der Waals surface area contributed by atoms with Crippen LogP contribution in [0.25, 0.3) is 0 Å². The zero-order chi connectivity index (χ0) is 14.7. The van der Waals surface area contributed by atoms with E-state index in [-0.39, 0.29) is 5.56 Å². The van der Waals surface area contributed by atoms with Gasteiger partial charge in [-0.2, -0.15) is 0 Å². The van der Waals surface area contributed by atoms with Crippen LogP contribution in [0.3, 0.4) is 0 Å². The van der Waals surface area contributed by atoms with E-state index in [9.17, 15) is 9.90 Å². The summed E-state index contributed by atoms with van der Waals surface area (Å²) >= 11 is 0. The zero-order valence-corrected chi connectivity index (χ0v) is 11.6. The molecule has 0 aliphatic rings. The predicted octanol–water partition coefficient (Wildman–Crippen LogP) is 3.83. The maximum absolute atomic E-state index is 11.3. The van der Waals surface area contributed by atoms with Crippen LogP contribution in [-0.2, 0) is 0 Å². The van der Waals surface area contributed by atoms with Crippen LogP contribution >= 0.6 is 0 Å². The Morgan fingerprint density at radius 1 is 1.15 bits per heavy atom. The average Bonchev–Trinajstić information content (AvgIpc) is 2.41. The molecule has 0 saturated heterocycles. The van der Waals surface area contributed by atoms with Gasteiger partial charge in [0.15, 0.2) is 0 Å². The maximum Gasteiger partial charge on any atom is 0.337 e. The molecule has 4 heteroatoms.